The highest BCUT2D eigenvalue weighted by molar-refractivity contribution is 6.20. The summed E-state index contributed by atoms with van der Waals surface area (Å²) in [6.07, 6.45) is 6.23. The van der Waals surface area contributed by atoms with Gasteiger partial charge in [0.25, 0.3) is 5.91 Å². The maximum atomic E-state index is 13.0. The summed E-state index contributed by atoms with van der Waals surface area (Å²) in [7, 11) is 1.94. The summed E-state index contributed by atoms with van der Waals surface area (Å²) < 4.78 is 14.0. The van der Waals surface area contributed by atoms with E-state index in [0.717, 1.165) is 22.0 Å². The van der Waals surface area contributed by atoms with Crippen molar-refractivity contribution in [3.8, 4) is 5.75 Å². The van der Waals surface area contributed by atoms with Gasteiger partial charge in [0.1, 0.15) is 12.6 Å². The third-order valence-electron chi connectivity index (χ3n) is 5.14. The summed E-state index contributed by atoms with van der Waals surface area (Å²) in [5.41, 5.74) is 2.71. The van der Waals surface area contributed by atoms with Gasteiger partial charge in [-0.3, -0.25) is 4.79 Å². The number of benzene rings is 2. The molecule has 1 saturated carbocycles. The number of carbonyl (C=O) groups is 1. The Bertz CT molecular complexity index is 1170. The number of nitrogens with zero attached hydrogens (tertiary/aromatic N) is 1. The molecule has 140 valence electrons. The number of hydrogen-bond donors (Lipinski definition) is 1. The summed E-state index contributed by atoms with van der Waals surface area (Å²) in [5, 5.41) is 4.69. The minimum atomic E-state index is -0.167. The first-order valence-electron chi connectivity index (χ1n) is 9.53. The first-order chi connectivity index (χ1) is 13.7. The van der Waals surface area contributed by atoms with E-state index < -0.39 is 0 Å². The molecule has 28 heavy (non-hydrogen) atoms. The second-order valence-electron chi connectivity index (χ2n) is 7.37. The Morgan fingerprint density at radius 2 is 1.93 bits per heavy atom. The maximum Gasteiger partial charge on any atom is 0.256 e. The zero-order valence-electron chi connectivity index (χ0n) is 15.6. The summed E-state index contributed by atoms with van der Waals surface area (Å²) in [4.78, 5) is 13.0. The number of rotatable bonds is 5. The van der Waals surface area contributed by atoms with Crippen LogP contribution >= 0.6 is 0 Å². The highest BCUT2D eigenvalue weighted by Gasteiger charge is 2.24. The van der Waals surface area contributed by atoms with Gasteiger partial charge in [0.15, 0.2) is 23.7 Å². The van der Waals surface area contributed by atoms with Gasteiger partial charge in [-0.05, 0) is 37.0 Å². The lowest BCUT2D eigenvalue weighted by Crippen LogP contribution is -2.26. The molecule has 0 spiro atoms. The van der Waals surface area contributed by atoms with E-state index in [1.807, 2.05) is 72.5 Å². The number of fused-ring (bicyclic) bond motifs is 3. The van der Waals surface area contributed by atoms with Crippen molar-refractivity contribution in [3.05, 3.63) is 66.5 Å². The van der Waals surface area contributed by atoms with Crippen molar-refractivity contribution in [3.63, 3.8) is 0 Å². The van der Waals surface area contributed by atoms with Crippen molar-refractivity contribution in [2.45, 2.75) is 12.8 Å². The molecule has 2 aromatic heterocycles. The van der Waals surface area contributed by atoms with Gasteiger partial charge in [0, 0.05) is 22.9 Å². The molecule has 1 amide bonds. The number of aryl methyl sites for hydroxylation is 1. The average Bonchev–Trinajstić information content (AvgIpc) is 3.46. The number of aromatic nitrogens is 1. The van der Waals surface area contributed by atoms with Crippen molar-refractivity contribution in [2.24, 2.45) is 13.0 Å². The molecule has 5 rings (SSSR count). The van der Waals surface area contributed by atoms with Crippen LogP contribution in [-0.2, 0) is 7.05 Å². The molecule has 1 fully saturated rings. The second-order valence-corrected chi connectivity index (χ2v) is 7.37. The van der Waals surface area contributed by atoms with E-state index in [1.54, 1.807) is 0 Å². The molecular formula is C23H21N2O3+. The maximum absolute atomic E-state index is 13.0. The van der Waals surface area contributed by atoms with E-state index in [-0.39, 0.29) is 5.91 Å². The van der Waals surface area contributed by atoms with Gasteiger partial charge in [-0.15, -0.1) is 0 Å². The van der Waals surface area contributed by atoms with Gasteiger partial charge < -0.3 is 14.5 Å². The molecule has 0 aliphatic heterocycles. The fourth-order valence-corrected chi connectivity index (χ4v) is 3.38. The number of hydrogen-bond acceptors (Lipinski definition) is 3. The van der Waals surface area contributed by atoms with E-state index in [1.165, 1.54) is 12.8 Å². The molecule has 2 aromatic carbocycles. The van der Waals surface area contributed by atoms with E-state index in [9.17, 15) is 4.79 Å². The zero-order chi connectivity index (χ0) is 19.1. The average molecular weight is 373 g/mol. The molecule has 1 aliphatic rings. The number of anilines is 1. The summed E-state index contributed by atoms with van der Waals surface area (Å²) in [6, 6.07) is 15.2. The first kappa shape index (κ1) is 16.8. The summed E-state index contributed by atoms with van der Waals surface area (Å²) in [5.74, 6) is 1.17. The number of nitrogens with one attached hydrogen (secondary N) is 1. The Morgan fingerprint density at radius 3 is 2.71 bits per heavy atom. The minimum Gasteiger partial charge on any atom is -0.489 e. The first-order valence-corrected chi connectivity index (χ1v) is 9.53. The lowest BCUT2D eigenvalue weighted by Gasteiger charge is -2.09. The van der Waals surface area contributed by atoms with Crippen LogP contribution in [0.1, 0.15) is 23.2 Å². The number of para-hydroxylation sites is 1. The van der Waals surface area contributed by atoms with Crippen LogP contribution in [0.15, 0.2) is 65.3 Å². The van der Waals surface area contributed by atoms with E-state index in [0.29, 0.717) is 29.4 Å². The quantitative estimate of drug-likeness (QED) is 0.526. The summed E-state index contributed by atoms with van der Waals surface area (Å²) >= 11 is 0. The van der Waals surface area contributed by atoms with Gasteiger partial charge in [0.2, 0.25) is 0 Å². The Morgan fingerprint density at radius 1 is 1.14 bits per heavy atom. The molecule has 0 radical (unpaired) electrons. The number of furan rings is 1. The van der Waals surface area contributed by atoms with E-state index in [2.05, 4.69) is 5.32 Å². The number of ether oxygens (including phenoxy) is 1. The van der Waals surface area contributed by atoms with Crippen molar-refractivity contribution >= 4 is 33.5 Å². The number of amides is 1. The largest absolute Gasteiger partial charge is 0.489 e. The van der Waals surface area contributed by atoms with Crippen LogP contribution in [0.4, 0.5) is 5.69 Å². The van der Waals surface area contributed by atoms with Crippen molar-refractivity contribution in [1.29, 1.82) is 0 Å². The highest BCUT2D eigenvalue weighted by Crippen LogP contribution is 2.38. The predicted molar refractivity (Wildman–Crippen MR) is 108 cm³/mol. The Labute approximate surface area is 162 Å². The minimum absolute atomic E-state index is 0.167. The van der Waals surface area contributed by atoms with Gasteiger partial charge in [0.05, 0.1) is 17.9 Å². The topological polar surface area (TPSA) is 55.4 Å². The number of pyridine rings is 1. The van der Waals surface area contributed by atoms with Crippen LogP contribution in [0.5, 0.6) is 5.75 Å². The zero-order valence-corrected chi connectivity index (χ0v) is 15.6. The molecule has 0 unspecified atom stereocenters. The molecule has 1 aliphatic carbocycles. The lowest BCUT2D eigenvalue weighted by atomic mass is 10.0. The van der Waals surface area contributed by atoms with E-state index >= 15 is 0 Å². The lowest BCUT2D eigenvalue weighted by molar-refractivity contribution is -0.671. The Balaban J connectivity index is 1.58. The SMILES string of the molecule is C[n+]1ccc(NC(=O)c2ccc(OCC3CC3)c3oc4ccccc4c23)cc1. The third kappa shape index (κ3) is 3.09. The van der Waals surface area contributed by atoms with Crippen molar-refractivity contribution in [2.75, 3.05) is 11.9 Å². The smallest absolute Gasteiger partial charge is 0.256 e. The highest BCUT2D eigenvalue weighted by atomic mass is 16.5. The van der Waals surface area contributed by atoms with Gasteiger partial charge in [-0.25, -0.2) is 4.57 Å². The fourth-order valence-electron chi connectivity index (χ4n) is 3.38. The molecule has 1 N–H and O–H groups in total. The molecule has 0 saturated heterocycles. The molecule has 5 nitrogen and oxygen atoms in total. The summed E-state index contributed by atoms with van der Waals surface area (Å²) in [6.45, 7) is 0.693. The molecule has 5 heteroatoms. The monoisotopic (exact) mass is 373 g/mol. The van der Waals surface area contributed by atoms with Crippen LogP contribution in [0.2, 0.25) is 0 Å². The molecule has 0 bridgehead atoms. The van der Waals surface area contributed by atoms with E-state index in [4.69, 9.17) is 9.15 Å². The number of carbonyl (C=O) groups excluding carboxylic acids is 1. The van der Waals surface area contributed by atoms with Crippen LogP contribution < -0.4 is 14.6 Å². The van der Waals surface area contributed by atoms with Crippen molar-refractivity contribution < 1.29 is 18.5 Å². The van der Waals surface area contributed by atoms with Gasteiger partial charge >= 0.3 is 0 Å². The van der Waals surface area contributed by atoms with Gasteiger partial charge in [-0.1, -0.05) is 18.2 Å². The second kappa shape index (κ2) is 6.68. The van der Waals surface area contributed by atoms with Crippen LogP contribution in [0.25, 0.3) is 21.9 Å². The third-order valence-corrected chi connectivity index (χ3v) is 5.14. The molecular weight excluding hydrogens is 352 g/mol. The molecule has 0 atom stereocenters. The predicted octanol–water partition coefficient (Wildman–Crippen LogP) is 4.45. The Kier molecular flexibility index (Phi) is 4.01. The van der Waals surface area contributed by atoms with Crippen LogP contribution in [0.3, 0.4) is 0 Å². The van der Waals surface area contributed by atoms with Gasteiger partial charge in [-0.2, -0.15) is 0 Å². The fraction of sp³-hybridized carbons (Fsp3) is 0.217. The molecule has 4 aromatic rings. The Hall–Kier alpha value is -3.34. The van der Waals surface area contributed by atoms with Crippen LogP contribution in [0, 0.1) is 5.92 Å². The molecule has 2 heterocycles. The standard InChI is InChI=1S/C23H20N2O3/c1-25-12-10-16(11-13-25)24-23(26)18-8-9-20(27-14-15-6-7-15)22-21(18)17-4-2-3-5-19(17)28-22/h2-5,8-13,15H,6-7,14H2,1H3/p+1. The van der Waals surface area contributed by atoms with Crippen molar-refractivity contribution in [1.82, 2.24) is 0 Å². The normalized spacial score (nSPS) is 13.8. The van der Waals surface area contributed by atoms with Crippen LogP contribution in [-0.4, -0.2) is 12.5 Å².